The maximum Gasteiger partial charge on any atom is 0.161 e. The van der Waals surface area contributed by atoms with Crippen LogP contribution in [0.4, 0.5) is 0 Å². The van der Waals surface area contributed by atoms with Gasteiger partial charge < -0.3 is 19.2 Å². The number of hydrogen-bond donors (Lipinski definition) is 1. The standard InChI is InChI=1S/C23H22N2O3/c1-26-21-14-17(8-9-20(21)28-15-16-6-4-3-5-7-16)22(27-2)18-10-12-24-23-19(18)11-13-25-23/h3-14,22H,15H2,1-2H3,(H,24,25). The number of benzene rings is 2. The summed E-state index contributed by atoms with van der Waals surface area (Å²) in [5, 5.41) is 1.04. The van der Waals surface area contributed by atoms with Crippen molar-refractivity contribution in [2.45, 2.75) is 12.7 Å². The van der Waals surface area contributed by atoms with E-state index in [-0.39, 0.29) is 6.10 Å². The number of fused-ring (bicyclic) bond motifs is 1. The lowest BCUT2D eigenvalue weighted by molar-refractivity contribution is 0.137. The molecule has 0 aliphatic rings. The molecule has 1 unspecified atom stereocenters. The van der Waals surface area contributed by atoms with Crippen LogP contribution in [0, 0.1) is 0 Å². The number of hydrogen-bond acceptors (Lipinski definition) is 4. The Hall–Kier alpha value is -3.31. The van der Waals surface area contributed by atoms with Crippen molar-refractivity contribution in [3.05, 3.63) is 89.7 Å². The molecule has 0 fully saturated rings. The molecule has 4 rings (SSSR count). The molecule has 2 aromatic heterocycles. The first kappa shape index (κ1) is 18.1. The highest BCUT2D eigenvalue weighted by Crippen LogP contribution is 2.36. The van der Waals surface area contributed by atoms with Crippen molar-refractivity contribution in [1.82, 2.24) is 9.97 Å². The van der Waals surface area contributed by atoms with Crippen LogP contribution in [-0.4, -0.2) is 24.2 Å². The monoisotopic (exact) mass is 374 g/mol. The molecule has 142 valence electrons. The molecule has 2 heterocycles. The second-order valence-corrected chi connectivity index (χ2v) is 6.44. The van der Waals surface area contributed by atoms with Crippen LogP contribution in [0.15, 0.2) is 73.1 Å². The quantitative estimate of drug-likeness (QED) is 0.501. The molecule has 0 aliphatic heterocycles. The van der Waals surface area contributed by atoms with E-state index in [1.807, 2.05) is 66.9 Å². The molecule has 2 aromatic carbocycles. The third kappa shape index (κ3) is 3.57. The smallest absolute Gasteiger partial charge is 0.161 e. The normalized spacial score (nSPS) is 12.1. The molecule has 0 saturated carbocycles. The molecule has 28 heavy (non-hydrogen) atoms. The van der Waals surface area contributed by atoms with Crippen LogP contribution in [0.1, 0.15) is 22.8 Å². The number of ether oxygens (including phenoxy) is 3. The van der Waals surface area contributed by atoms with Gasteiger partial charge in [0.1, 0.15) is 18.4 Å². The topological polar surface area (TPSA) is 56.4 Å². The zero-order valence-electron chi connectivity index (χ0n) is 15.9. The zero-order chi connectivity index (χ0) is 19.3. The highest BCUT2D eigenvalue weighted by Gasteiger charge is 2.19. The molecule has 5 nitrogen and oxygen atoms in total. The van der Waals surface area contributed by atoms with Gasteiger partial charge in [-0.05, 0) is 41.0 Å². The van der Waals surface area contributed by atoms with Crippen molar-refractivity contribution in [1.29, 1.82) is 0 Å². The van der Waals surface area contributed by atoms with Crippen LogP contribution in [0.25, 0.3) is 11.0 Å². The first-order valence-corrected chi connectivity index (χ1v) is 9.09. The number of aromatic nitrogens is 2. The summed E-state index contributed by atoms with van der Waals surface area (Å²) < 4.78 is 17.4. The lowest BCUT2D eigenvalue weighted by Crippen LogP contribution is -2.05. The lowest BCUT2D eigenvalue weighted by Gasteiger charge is -2.19. The Balaban J connectivity index is 1.63. The Kier molecular flexibility index (Phi) is 5.26. The summed E-state index contributed by atoms with van der Waals surface area (Å²) in [4.78, 5) is 7.50. The fourth-order valence-electron chi connectivity index (χ4n) is 3.36. The predicted octanol–water partition coefficient (Wildman–Crippen LogP) is 4.89. The van der Waals surface area contributed by atoms with Gasteiger partial charge in [-0.2, -0.15) is 0 Å². The molecule has 4 aromatic rings. The second-order valence-electron chi connectivity index (χ2n) is 6.44. The van der Waals surface area contributed by atoms with E-state index in [1.54, 1.807) is 20.4 Å². The van der Waals surface area contributed by atoms with Gasteiger partial charge in [-0.3, -0.25) is 0 Å². The highest BCUT2D eigenvalue weighted by atomic mass is 16.5. The molecule has 1 N–H and O–H groups in total. The van der Waals surface area contributed by atoms with Crippen molar-refractivity contribution in [2.75, 3.05) is 14.2 Å². The number of nitrogens with zero attached hydrogens (tertiary/aromatic N) is 1. The molecular formula is C23H22N2O3. The third-order valence-corrected chi connectivity index (χ3v) is 4.74. The average molecular weight is 374 g/mol. The van der Waals surface area contributed by atoms with Gasteiger partial charge in [0, 0.05) is 24.9 Å². The Bertz CT molecular complexity index is 1060. The van der Waals surface area contributed by atoms with Crippen molar-refractivity contribution in [3.8, 4) is 11.5 Å². The van der Waals surface area contributed by atoms with Gasteiger partial charge in [-0.25, -0.2) is 4.98 Å². The first-order chi connectivity index (χ1) is 13.8. The summed E-state index contributed by atoms with van der Waals surface area (Å²) in [7, 11) is 3.35. The SMILES string of the molecule is COc1cc(C(OC)c2ccnc3[nH]ccc23)ccc1OCc1ccccc1. The van der Waals surface area contributed by atoms with Gasteiger partial charge in [0.15, 0.2) is 11.5 Å². The minimum atomic E-state index is -0.238. The second kappa shape index (κ2) is 8.15. The summed E-state index contributed by atoms with van der Waals surface area (Å²) in [6, 6.07) is 20.0. The Morgan fingerprint density at radius 2 is 1.82 bits per heavy atom. The van der Waals surface area contributed by atoms with Crippen molar-refractivity contribution >= 4 is 11.0 Å². The summed E-state index contributed by atoms with van der Waals surface area (Å²) in [5.41, 5.74) is 3.98. The van der Waals surface area contributed by atoms with Crippen LogP contribution in [-0.2, 0) is 11.3 Å². The van der Waals surface area contributed by atoms with Gasteiger partial charge in [-0.15, -0.1) is 0 Å². The molecule has 5 heteroatoms. The fraction of sp³-hybridized carbons (Fsp3) is 0.174. The summed E-state index contributed by atoms with van der Waals surface area (Å²) in [5.74, 6) is 1.38. The minimum Gasteiger partial charge on any atom is -0.493 e. The first-order valence-electron chi connectivity index (χ1n) is 9.09. The van der Waals surface area contributed by atoms with Gasteiger partial charge in [0.2, 0.25) is 0 Å². The van der Waals surface area contributed by atoms with E-state index in [4.69, 9.17) is 14.2 Å². The van der Waals surface area contributed by atoms with Gasteiger partial charge in [-0.1, -0.05) is 36.4 Å². The number of nitrogens with one attached hydrogen (secondary N) is 1. The van der Waals surface area contributed by atoms with E-state index in [1.165, 1.54) is 0 Å². The van der Waals surface area contributed by atoms with E-state index < -0.39 is 0 Å². The molecular weight excluding hydrogens is 352 g/mol. The van der Waals surface area contributed by atoms with E-state index >= 15 is 0 Å². The molecule has 0 amide bonds. The predicted molar refractivity (Wildman–Crippen MR) is 109 cm³/mol. The number of aromatic amines is 1. The largest absolute Gasteiger partial charge is 0.493 e. The van der Waals surface area contributed by atoms with Gasteiger partial charge >= 0.3 is 0 Å². The molecule has 0 bridgehead atoms. The molecule has 0 aliphatic carbocycles. The highest BCUT2D eigenvalue weighted by molar-refractivity contribution is 5.80. The number of pyridine rings is 1. The Morgan fingerprint density at radius 3 is 2.61 bits per heavy atom. The Morgan fingerprint density at radius 1 is 0.964 bits per heavy atom. The van der Waals surface area contributed by atoms with Gasteiger partial charge in [0.05, 0.1) is 7.11 Å². The molecule has 0 spiro atoms. The number of methoxy groups -OCH3 is 2. The summed E-state index contributed by atoms with van der Waals surface area (Å²) in [6.45, 7) is 0.485. The van der Waals surface area contributed by atoms with E-state index in [9.17, 15) is 0 Å². The fourth-order valence-corrected chi connectivity index (χ4v) is 3.36. The third-order valence-electron chi connectivity index (χ3n) is 4.74. The van der Waals surface area contributed by atoms with Crippen LogP contribution in [0.5, 0.6) is 11.5 Å². The van der Waals surface area contributed by atoms with E-state index in [0.29, 0.717) is 18.1 Å². The van der Waals surface area contributed by atoms with Crippen LogP contribution < -0.4 is 9.47 Å². The maximum absolute atomic E-state index is 5.97. The van der Waals surface area contributed by atoms with Crippen molar-refractivity contribution in [2.24, 2.45) is 0 Å². The van der Waals surface area contributed by atoms with Crippen LogP contribution >= 0.6 is 0 Å². The zero-order valence-corrected chi connectivity index (χ0v) is 15.9. The molecule has 0 saturated heterocycles. The van der Waals surface area contributed by atoms with Crippen molar-refractivity contribution < 1.29 is 14.2 Å². The van der Waals surface area contributed by atoms with E-state index in [2.05, 4.69) is 9.97 Å². The maximum atomic E-state index is 5.97. The number of H-pyrrole nitrogens is 1. The van der Waals surface area contributed by atoms with E-state index in [0.717, 1.165) is 27.7 Å². The molecule has 1 atom stereocenters. The lowest BCUT2D eigenvalue weighted by atomic mass is 9.99. The van der Waals surface area contributed by atoms with Crippen LogP contribution in [0.2, 0.25) is 0 Å². The Labute approximate surface area is 163 Å². The van der Waals surface area contributed by atoms with Crippen molar-refractivity contribution in [3.63, 3.8) is 0 Å². The summed E-state index contributed by atoms with van der Waals surface area (Å²) in [6.07, 6.45) is 3.43. The molecule has 0 radical (unpaired) electrons. The van der Waals surface area contributed by atoms with Crippen LogP contribution in [0.3, 0.4) is 0 Å². The minimum absolute atomic E-state index is 0.238. The average Bonchev–Trinajstić information content (AvgIpc) is 3.23. The summed E-state index contributed by atoms with van der Waals surface area (Å²) >= 11 is 0. The number of rotatable bonds is 7. The van der Waals surface area contributed by atoms with Gasteiger partial charge in [0.25, 0.3) is 0 Å².